The molecule has 2 aromatic carbocycles. The highest BCUT2D eigenvalue weighted by Gasteiger charge is 2.05. The van der Waals surface area contributed by atoms with Crippen molar-refractivity contribution in [2.45, 2.75) is 0 Å². The minimum atomic E-state index is -0.263. The molecule has 0 bridgehead atoms. The van der Waals surface area contributed by atoms with E-state index in [0.29, 0.717) is 17.9 Å². The predicted molar refractivity (Wildman–Crippen MR) is 98.0 cm³/mol. The van der Waals surface area contributed by atoms with E-state index in [1.54, 1.807) is 24.4 Å². The Morgan fingerprint density at radius 3 is 2.58 bits per heavy atom. The number of anilines is 1. The molecule has 5 heteroatoms. The lowest BCUT2D eigenvalue weighted by molar-refractivity contribution is 0.0955. The van der Waals surface area contributed by atoms with E-state index in [2.05, 4.69) is 17.1 Å². The molecule has 0 unspecified atom stereocenters. The summed E-state index contributed by atoms with van der Waals surface area (Å²) >= 11 is 0. The van der Waals surface area contributed by atoms with Gasteiger partial charge in [-0.25, -0.2) is 5.43 Å². The van der Waals surface area contributed by atoms with E-state index >= 15 is 0 Å². The van der Waals surface area contributed by atoms with Crippen LogP contribution in [0.5, 0.6) is 5.75 Å². The van der Waals surface area contributed by atoms with Crippen LogP contribution in [0.2, 0.25) is 0 Å². The van der Waals surface area contributed by atoms with Crippen molar-refractivity contribution in [2.24, 2.45) is 5.10 Å². The molecule has 2 aromatic rings. The Labute approximate surface area is 142 Å². The first kappa shape index (κ1) is 17.3. The molecule has 0 saturated carbocycles. The number of hydrazone groups is 1. The minimum absolute atomic E-state index is 0.263. The zero-order valence-electron chi connectivity index (χ0n) is 13.9. The van der Waals surface area contributed by atoms with Crippen LogP contribution in [-0.4, -0.2) is 32.8 Å². The summed E-state index contributed by atoms with van der Waals surface area (Å²) in [6.45, 7) is 4.03. The van der Waals surface area contributed by atoms with Crippen LogP contribution in [0, 0.1) is 0 Å². The van der Waals surface area contributed by atoms with Crippen molar-refractivity contribution in [1.29, 1.82) is 0 Å². The maximum Gasteiger partial charge on any atom is 0.271 e. The van der Waals surface area contributed by atoms with Crippen molar-refractivity contribution < 1.29 is 9.53 Å². The molecule has 0 aliphatic carbocycles. The molecule has 0 aliphatic rings. The van der Waals surface area contributed by atoms with Gasteiger partial charge < -0.3 is 9.64 Å². The monoisotopic (exact) mass is 323 g/mol. The number of nitrogens with zero attached hydrogens (tertiary/aromatic N) is 2. The topological polar surface area (TPSA) is 53.9 Å². The van der Waals surface area contributed by atoms with Crippen molar-refractivity contribution in [1.82, 2.24) is 5.43 Å². The summed E-state index contributed by atoms with van der Waals surface area (Å²) < 4.78 is 5.54. The normalized spacial score (nSPS) is 10.4. The Morgan fingerprint density at radius 1 is 1.21 bits per heavy atom. The van der Waals surface area contributed by atoms with Gasteiger partial charge in [0.25, 0.3) is 5.91 Å². The quantitative estimate of drug-likeness (QED) is 0.484. The number of ether oxygens (including phenoxy) is 1. The molecule has 0 aliphatic heterocycles. The SMILES string of the molecule is C=CCOc1ccccc1C=NNC(=O)c1ccc(N(C)C)cc1. The summed E-state index contributed by atoms with van der Waals surface area (Å²) in [5, 5.41) is 4.00. The van der Waals surface area contributed by atoms with Crippen molar-refractivity contribution in [3.05, 3.63) is 72.3 Å². The molecular weight excluding hydrogens is 302 g/mol. The fourth-order valence-corrected chi connectivity index (χ4v) is 2.00. The van der Waals surface area contributed by atoms with Gasteiger partial charge in [-0.15, -0.1) is 0 Å². The fraction of sp³-hybridized carbons (Fsp3) is 0.158. The van der Waals surface area contributed by atoms with Crippen LogP contribution in [0.3, 0.4) is 0 Å². The van der Waals surface area contributed by atoms with E-state index in [1.807, 2.05) is 55.4 Å². The largest absolute Gasteiger partial charge is 0.489 e. The lowest BCUT2D eigenvalue weighted by Crippen LogP contribution is -2.18. The van der Waals surface area contributed by atoms with Gasteiger partial charge in [0.15, 0.2) is 0 Å². The standard InChI is InChI=1S/C19H21N3O2/c1-4-13-24-18-8-6-5-7-16(18)14-20-21-19(23)15-9-11-17(12-10-15)22(2)3/h4-12,14H,1,13H2,2-3H3,(H,21,23). The van der Waals surface area contributed by atoms with E-state index in [0.717, 1.165) is 11.3 Å². The third-order valence-corrected chi connectivity index (χ3v) is 3.29. The number of carbonyl (C=O) groups is 1. The fourth-order valence-electron chi connectivity index (χ4n) is 2.00. The van der Waals surface area contributed by atoms with E-state index in [1.165, 1.54) is 0 Å². The first-order valence-electron chi connectivity index (χ1n) is 7.55. The second-order valence-electron chi connectivity index (χ2n) is 5.28. The lowest BCUT2D eigenvalue weighted by Gasteiger charge is -2.12. The van der Waals surface area contributed by atoms with Gasteiger partial charge in [0, 0.05) is 30.9 Å². The van der Waals surface area contributed by atoms with E-state index in [-0.39, 0.29) is 5.91 Å². The van der Waals surface area contributed by atoms with Crippen LogP contribution >= 0.6 is 0 Å². The summed E-state index contributed by atoms with van der Waals surface area (Å²) in [7, 11) is 3.90. The number of hydrogen-bond acceptors (Lipinski definition) is 4. The summed E-state index contributed by atoms with van der Waals surface area (Å²) in [5.74, 6) is 0.423. The number of benzene rings is 2. The highest BCUT2D eigenvalue weighted by Crippen LogP contribution is 2.16. The second-order valence-corrected chi connectivity index (χ2v) is 5.28. The van der Waals surface area contributed by atoms with Gasteiger partial charge in [0.1, 0.15) is 12.4 Å². The van der Waals surface area contributed by atoms with E-state index in [9.17, 15) is 4.79 Å². The molecule has 1 N–H and O–H groups in total. The van der Waals surface area contributed by atoms with Gasteiger partial charge in [0.05, 0.1) is 6.21 Å². The molecule has 24 heavy (non-hydrogen) atoms. The smallest absolute Gasteiger partial charge is 0.271 e. The maximum absolute atomic E-state index is 12.1. The van der Waals surface area contributed by atoms with Crippen LogP contribution < -0.4 is 15.1 Å². The number of para-hydroxylation sites is 1. The average Bonchev–Trinajstić information content (AvgIpc) is 2.60. The predicted octanol–water partition coefficient (Wildman–Crippen LogP) is 3.08. The highest BCUT2D eigenvalue weighted by atomic mass is 16.5. The summed E-state index contributed by atoms with van der Waals surface area (Å²) in [6.07, 6.45) is 3.23. The Balaban J connectivity index is 2.01. The molecule has 1 amide bonds. The zero-order valence-corrected chi connectivity index (χ0v) is 13.9. The first-order valence-corrected chi connectivity index (χ1v) is 7.55. The molecule has 124 valence electrons. The zero-order chi connectivity index (χ0) is 17.4. The Morgan fingerprint density at radius 2 is 1.92 bits per heavy atom. The van der Waals surface area contributed by atoms with Crippen LogP contribution in [-0.2, 0) is 0 Å². The van der Waals surface area contributed by atoms with Crippen LogP contribution in [0.25, 0.3) is 0 Å². The summed E-state index contributed by atoms with van der Waals surface area (Å²) in [4.78, 5) is 14.1. The van der Waals surface area contributed by atoms with Crippen LogP contribution in [0.4, 0.5) is 5.69 Å². The number of hydrogen-bond donors (Lipinski definition) is 1. The summed E-state index contributed by atoms with van der Waals surface area (Å²) in [6, 6.07) is 14.8. The van der Waals surface area contributed by atoms with E-state index in [4.69, 9.17) is 4.74 Å². The molecule has 0 spiro atoms. The summed E-state index contributed by atoms with van der Waals surface area (Å²) in [5.41, 5.74) is 4.88. The first-order chi connectivity index (χ1) is 11.6. The minimum Gasteiger partial charge on any atom is -0.489 e. The van der Waals surface area contributed by atoms with Crippen LogP contribution in [0.15, 0.2) is 66.3 Å². The molecule has 0 atom stereocenters. The average molecular weight is 323 g/mol. The molecule has 0 radical (unpaired) electrons. The number of rotatable bonds is 7. The number of carbonyl (C=O) groups excluding carboxylic acids is 1. The Bertz CT molecular complexity index is 722. The maximum atomic E-state index is 12.1. The van der Waals surface area contributed by atoms with Crippen LogP contribution in [0.1, 0.15) is 15.9 Å². The van der Waals surface area contributed by atoms with Crippen molar-refractivity contribution in [2.75, 3.05) is 25.6 Å². The van der Waals surface area contributed by atoms with Gasteiger partial charge in [-0.1, -0.05) is 24.8 Å². The highest BCUT2D eigenvalue weighted by molar-refractivity contribution is 5.95. The molecular formula is C19H21N3O2. The number of nitrogens with one attached hydrogen (secondary N) is 1. The van der Waals surface area contributed by atoms with E-state index < -0.39 is 0 Å². The lowest BCUT2D eigenvalue weighted by atomic mass is 10.2. The van der Waals surface area contributed by atoms with Crippen molar-refractivity contribution >= 4 is 17.8 Å². The molecule has 2 rings (SSSR count). The second kappa shape index (κ2) is 8.53. The molecule has 0 aromatic heterocycles. The van der Waals surface area contributed by atoms with Gasteiger partial charge >= 0.3 is 0 Å². The third kappa shape index (κ3) is 4.71. The van der Waals surface area contributed by atoms with Gasteiger partial charge in [-0.2, -0.15) is 5.10 Å². The van der Waals surface area contributed by atoms with Gasteiger partial charge in [-0.05, 0) is 36.4 Å². The Hall–Kier alpha value is -3.08. The van der Waals surface area contributed by atoms with Gasteiger partial charge in [0.2, 0.25) is 0 Å². The number of amides is 1. The van der Waals surface area contributed by atoms with Crippen molar-refractivity contribution in [3.63, 3.8) is 0 Å². The molecule has 5 nitrogen and oxygen atoms in total. The Kier molecular flexibility index (Phi) is 6.14. The molecule has 0 heterocycles. The third-order valence-electron chi connectivity index (χ3n) is 3.29. The van der Waals surface area contributed by atoms with Crippen molar-refractivity contribution in [3.8, 4) is 5.75 Å². The molecule has 0 saturated heterocycles. The molecule has 0 fully saturated rings. The van der Waals surface area contributed by atoms with Gasteiger partial charge in [-0.3, -0.25) is 4.79 Å².